The van der Waals surface area contributed by atoms with Crippen molar-refractivity contribution < 1.29 is 28.7 Å². The van der Waals surface area contributed by atoms with Crippen LogP contribution in [0.25, 0.3) is 0 Å². The average molecular weight is 695 g/mol. The van der Waals surface area contributed by atoms with E-state index in [0.29, 0.717) is 52.0 Å². The van der Waals surface area contributed by atoms with Crippen molar-refractivity contribution in [2.45, 2.75) is 154 Å². The van der Waals surface area contributed by atoms with E-state index in [-0.39, 0.29) is 70.8 Å². The molecule has 2 saturated heterocycles. The van der Waals surface area contributed by atoms with Crippen molar-refractivity contribution in [3.63, 3.8) is 0 Å². The molecule has 0 spiro atoms. The predicted octanol–water partition coefficient (Wildman–Crippen LogP) is 6.28. The van der Waals surface area contributed by atoms with Gasteiger partial charge in [-0.3, -0.25) is 29.0 Å². The van der Waals surface area contributed by atoms with E-state index in [2.05, 4.69) is 65.2 Å². The highest BCUT2D eigenvalue weighted by Gasteiger charge is 2.48. The first-order valence-corrected chi connectivity index (χ1v) is 18.6. The average Bonchev–Trinajstić information content (AvgIpc) is 3.36. The molecule has 10 heteroatoms. The number of carbonyl (C=O) groups is 4. The molecule has 0 aliphatic carbocycles. The van der Waals surface area contributed by atoms with E-state index in [0.717, 1.165) is 25.7 Å². The lowest BCUT2D eigenvalue weighted by Crippen LogP contribution is -2.64. The fraction of sp³-hybridized carbons (Fsp3) is 0.700. The second-order valence-corrected chi connectivity index (χ2v) is 16.9. The lowest BCUT2D eigenvalue weighted by molar-refractivity contribution is -0.149. The van der Waals surface area contributed by atoms with E-state index in [1.54, 1.807) is 0 Å². The standard InChI is InChI=1S/C40H62N4O6/c1-37(2)27-31(41-21-15-9-11-17-33(41)45)28-38(3,4)43(37)23-25-49-35(47)19-13-14-20-36(48)50-26-24-44-39(5,6)29-32(30-40(44,7)8)42-22-16-10-12-18-34(42)46/h9-12,15-16,21-22,31-32H,13-14,17-20,23-30H2,1-8H3. The van der Waals surface area contributed by atoms with Crippen LogP contribution in [0.1, 0.15) is 120 Å². The minimum Gasteiger partial charge on any atom is -0.464 e. The fourth-order valence-corrected chi connectivity index (χ4v) is 9.13. The zero-order valence-electron chi connectivity index (χ0n) is 31.9. The maximum absolute atomic E-state index is 12.7. The van der Waals surface area contributed by atoms with Gasteiger partial charge in [0.15, 0.2) is 0 Å². The summed E-state index contributed by atoms with van der Waals surface area (Å²) in [4.78, 5) is 59.2. The number of unbranched alkanes of at least 4 members (excludes halogenated alkanes) is 1. The molecule has 2 amide bonds. The van der Waals surface area contributed by atoms with Gasteiger partial charge >= 0.3 is 11.9 Å². The van der Waals surface area contributed by atoms with E-state index in [1.165, 1.54) is 0 Å². The molecular weight excluding hydrogens is 632 g/mol. The maximum Gasteiger partial charge on any atom is 0.305 e. The van der Waals surface area contributed by atoms with E-state index in [1.807, 2.05) is 58.7 Å². The van der Waals surface area contributed by atoms with Crippen LogP contribution in [-0.4, -0.2) is 104 Å². The number of piperidine rings is 2. The van der Waals surface area contributed by atoms with Crippen LogP contribution in [0.5, 0.6) is 0 Å². The minimum atomic E-state index is -0.252. The van der Waals surface area contributed by atoms with Gasteiger partial charge in [0.25, 0.3) is 0 Å². The summed E-state index contributed by atoms with van der Waals surface area (Å²) in [5.41, 5.74) is -0.732. The Kier molecular flexibility index (Phi) is 13.0. The van der Waals surface area contributed by atoms with Gasteiger partial charge < -0.3 is 19.3 Å². The summed E-state index contributed by atoms with van der Waals surface area (Å²) < 4.78 is 11.3. The Bertz CT molecular complexity index is 1220. The van der Waals surface area contributed by atoms with Crippen LogP contribution < -0.4 is 0 Å². The zero-order chi connectivity index (χ0) is 36.7. The van der Waals surface area contributed by atoms with Crippen LogP contribution in [0.3, 0.4) is 0 Å². The van der Waals surface area contributed by atoms with Crippen molar-refractivity contribution in [1.82, 2.24) is 19.6 Å². The van der Waals surface area contributed by atoms with Gasteiger partial charge in [0.2, 0.25) is 11.8 Å². The Morgan fingerprint density at radius 1 is 0.600 bits per heavy atom. The summed E-state index contributed by atoms with van der Waals surface area (Å²) in [6, 6.07) is 0.229. The summed E-state index contributed by atoms with van der Waals surface area (Å²) in [5.74, 6) is -0.251. The van der Waals surface area contributed by atoms with Crippen molar-refractivity contribution in [2.75, 3.05) is 26.3 Å². The molecule has 0 bridgehead atoms. The van der Waals surface area contributed by atoms with Crippen molar-refractivity contribution in [2.24, 2.45) is 0 Å². The first kappa shape index (κ1) is 39.5. The third kappa shape index (κ3) is 10.2. The molecule has 10 nitrogen and oxygen atoms in total. The molecule has 4 heterocycles. The number of hydrogen-bond donors (Lipinski definition) is 0. The number of hydrogen-bond acceptors (Lipinski definition) is 8. The van der Waals surface area contributed by atoms with E-state index in [4.69, 9.17) is 9.47 Å². The zero-order valence-corrected chi connectivity index (χ0v) is 31.9. The molecule has 0 aromatic heterocycles. The van der Waals surface area contributed by atoms with Crippen molar-refractivity contribution in [1.29, 1.82) is 0 Å². The highest BCUT2D eigenvalue weighted by molar-refractivity contribution is 5.80. The van der Waals surface area contributed by atoms with Crippen LogP contribution in [0.4, 0.5) is 0 Å². The molecule has 0 N–H and O–H groups in total. The van der Waals surface area contributed by atoms with Gasteiger partial charge in [-0.15, -0.1) is 0 Å². The van der Waals surface area contributed by atoms with Crippen LogP contribution in [0.15, 0.2) is 48.9 Å². The quantitative estimate of drug-likeness (QED) is 0.164. The Hall–Kier alpha value is -3.24. The van der Waals surface area contributed by atoms with Crippen molar-refractivity contribution in [3.8, 4) is 0 Å². The number of likely N-dealkylation sites (tertiary alicyclic amines) is 2. The molecule has 278 valence electrons. The van der Waals surface area contributed by atoms with Gasteiger partial charge in [-0.05, 0) is 106 Å². The normalized spacial score (nSPS) is 23.9. The van der Waals surface area contributed by atoms with Crippen molar-refractivity contribution in [3.05, 3.63) is 48.9 Å². The molecule has 0 aromatic carbocycles. The number of allylic oxidation sites excluding steroid dienone is 4. The molecular formula is C40H62N4O6. The molecule has 4 rings (SSSR count). The molecule has 0 atom stereocenters. The van der Waals surface area contributed by atoms with Crippen molar-refractivity contribution >= 4 is 23.8 Å². The molecule has 0 unspecified atom stereocenters. The highest BCUT2D eigenvalue weighted by Crippen LogP contribution is 2.42. The second kappa shape index (κ2) is 16.4. The summed E-state index contributed by atoms with van der Waals surface area (Å²) in [6.45, 7) is 19.4. The third-order valence-electron chi connectivity index (χ3n) is 11.0. The summed E-state index contributed by atoms with van der Waals surface area (Å²) in [6.07, 6.45) is 21.2. The Morgan fingerprint density at radius 2 is 0.940 bits per heavy atom. The molecule has 0 radical (unpaired) electrons. The largest absolute Gasteiger partial charge is 0.464 e. The predicted molar refractivity (Wildman–Crippen MR) is 196 cm³/mol. The van der Waals surface area contributed by atoms with Gasteiger partial charge in [-0.1, -0.05) is 24.3 Å². The maximum atomic E-state index is 12.7. The number of carbonyl (C=O) groups excluding carboxylic acids is 4. The molecule has 4 aliphatic rings. The summed E-state index contributed by atoms with van der Waals surface area (Å²) in [7, 11) is 0. The third-order valence-corrected chi connectivity index (χ3v) is 11.0. The SMILES string of the molecule is CC1(C)CC(N2C=CC=CCC2=O)CC(C)(C)N1CCOC(=O)CCCCC(=O)OCCN1C(C)(C)CC(N2C=CC=CCC2=O)CC1(C)C. The van der Waals surface area contributed by atoms with Gasteiger partial charge in [-0.25, -0.2) is 0 Å². The molecule has 2 fully saturated rings. The number of amides is 2. The van der Waals surface area contributed by atoms with Crippen LogP contribution >= 0.6 is 0 Å². The first-order valence-electron chi connectivity index (χ1n) is 18.6. The molecule has 0 saturated carbocycles. The van der Waals surface area contributed by atoms with Crippen LogP contribution in [0.2, 0.25) is 0 Å². The van der Waals surface area contributed by atoms with Gasteiger partial charge in [0.05, 0.1) is 0 Å². The van der Waals surface area contributed by atoms with Crippen LogP contribution in [-0.2, 0) is 28.7 Å². The van der Waals surface area contributed by atoms with E-state index in [9.17, 15) is 19.2 Å². The van der Waals surface area contributed by atoms with Gasteiger partial charge in [-0.2, -0.15) is 0 Å². The smallest absolute Gasteiger partial charge is 0.305 e. The molecule has 0 aromatic rings. The summed E-state index contributed by atoms with van der Waals surface area (Å²) >= 11 is 0. The number of nitrogens with zero attached hydrogens (tertiary/aromatic N) is 4. The molecule has 50 heavy (non-hydrogen) atoms. The summed E-state index contributed by atoms with van der Waals surface area (Å²) in [5, 5.41) is 0. The fourth-order valence-electron chi connectivity index (χ4n) is 9.13. The lowest BCUT2D eigenvalue weighted by atomic mass is 9.76. The first-order chi connectivity index (χ1) is 23.4. The lowest BCUT2D eigenvalue weighted by Gasteiger charge is -2.56. The molecule has 4 aliphatic heterocycles. The Morgan fingerprint density at radius 3 is 1.28 bits per heavy atom. The number of ether oxygens (including phenoxy) is 2. The number of rotatable bonds is 13. The second-order valence-electron chi connectivity index (χ2n) is 16.9. The number of esters is 2. The van der Waals surface area contributed by atoms with Gasteiger partial charge in [0, 0.05) is 85.4 Å². The Labute approximate surface area is 300 Å². The van der Waals surface area contributed by atoms with E-state index < -0.39 is 0 Å². The minimum absolute atomic E-state index is 0.114. The topological polar surface area (TPSA) is 99.7 Å². The Balaban J connectivity index is 1.13. The van der Waals surface area contributed by atoms with Gasteiger partial charge in [0.1, 0.15) is 13.2 Å². The highest BCUT2D eigenvalue weighted by atomic mass is 16.5. The van der Waals surface area contributed by atoms with E-state index >= 15 is 0 Å². The monoisotopic (exact) mass is 694 g/mol. The van der Waals surface area contributed by atoms with Crippen LogP contribution in [0, 0.1) is 0 Å².